The van der Waals surface area contributed by atoms with Crippen LogP contribution in [-0.2, 0) is 11.2 Å². The van der Waals surface area contributed by atoms with Gasteiger partial charge in [0, 0.05) is 5.56 Å². The lowest BCUT2D eigenvalue weighted by atomic mass is 9.92. The molecule has 0 saturated carbocycles. The Morgan fingerprint density at radius 2 is 1.75 bits per heavy atom. The van der Waals surface area contributed by atoms with Crippen molar-refractivity contribution in [3.8, 4) is 0 Å². The van der Waals surface area contributed by atoms with E-state index in [2.05, 4.69) is 5.32 Å². The van der Waals surface area contributed by atoms with E-state index in [-0.39, 0.29) is 5.91 Å². The quantitative estimate of drug-likeness (QED) is 0.705. The number of carbonyl (C=O) groups is 2. The van der Waals surface area contributed by atoms with Crippen LogP contribution in [0, 0.1) is 0 Å². The van der Waals surface area contributed by atoms with Crippen molar-refractivity contribution in [1.29, 1.82) is 0 Å². The molecule has 5 nitrogen and oxygen atoms in total. The first-order valence-electron chi connectivity index (χ1n) is 6.84. The summed E-state index contributed by atoms with van der Waals surface area (Å²) < 4.78 is 0. The summed E-state index contributed by atoms with van der Waals surface area (Å²) in [5, 5.41) is 11.9. The second-order valence-electron chi connectivity index (χ2n) is 4.78. The molecule has 0 aliphatic rings. The van der Waals surface area contributed by atoms with Gasteiger partial charge in [0.1, 0.15) is 5.54 Å². The molecule has 1 aromatic carbocycles. The average Bonchev–Trinajstić information content (AvgIpc) is 2.45. The molecular weight excluding hydrogens is 256 g/mol. The van der Waals surface area contributed by atoms with Crippen LogP contribution in [0.1, 0.15) is 42.6 Å². The zero-order valence-electron chi connectivity index (χ0n) is 12.0. The van der Waals surface area contributed by atoms with Gasteiger partial charge in [-0.1, -0.05) is 26.0 Å². The largest absolute Gasteiger partial charge is 0.480 e. The summed E-state index contributed by atoms with van der Waals surface area (Å²) in [4.78, 5) is 23.5. The van der Waals surface area contributed by atoms with Gasteiger partial charge in [-0.25, -0.2) is 4.79 Å². The van der Waals surface area contributed by atoms with Crippen molar-refractivity contribution in [3.63, 3.8) is 0 Å². The Labute approximate surface area is 119 Å². The maximum Gasteiger partial charge on any atom is 0.329 e. The Hall–Kier alpha value is -1.88. The Morgan fingerprint density at radius 1 is 1.20 bits per heavy atom. The highest BCUT2D eigenvalue weighted by Gasteiger charge is 2.36. The minimum Gasteiger partial charge on any atom is -0.480 e. The topological polar surface area (TPSA) is 92.4 Å². The number of benzene rings is 1. The normalized spacial score (nSPS) is 11.2. The van der Waals surface area contributed by atoms with Gasteiger partial charge in [0.25, 0.3) is 5.91 Å². The molecule has 0 spiro atoms. The van der Waals surface area contributed by atoms with E-state index in [1.54, 1.807) is 26.0 Å². The van der Waals surface area contributed by atoms with Crippen molar-refractivity contribution in [2.24, 2.45) is 5.73 Å². The molecule has 0 heterocycles. The Balaban J connectivity index is 2.86. The van der Waals surface area contributed by atoms with Crippen LogP contribution >= 0.6 is 0 Å². The summed E-state index contributed by atoms with van der Waals surface area (Å²) in [6.45, 7) is 4.06. The molecule has 0 radical (unpaired) electrons. The van der Waals surface area contributed by atoms with Crippen LogP contribution in [-0.4, -0.2) is 29.1 Å². The van der Waals surface area contributed by atoms with Gasteiger partial charge in [-0.2, -0.15) is 0 Å². The maximum atomic E-state index is 12.2. The number of carboxylic acid groups (broad SMARTS) is 1. The van der Waals surface area contributed by atoms with Crippen molar-refractivity contribution >= 4 is 11.9 Å². The summed E-state index contributed by atoms with van der Waals surface area (Å²) in [6.07, 6.45) is 1.44. The summed E-state index contributed by atoms with van der Waals surface area (Å²) in [5.74, 6) is -1.37. The molecule has 0 saturated heterocycles. The fraction of sp³-hybridized carbons (Fsp3) is 0.467. The van der Waals surface area contributed by atoms with Gasteiger partial charge in [-0.15, -0.1) is 0 Å². The lowest BCUT2D eigenvalue weighted by Gasteiger charge is -2.28. The Morgan fingerprint density at radius 3 is 2.15 bits per heavy atom. The van der Waals surface area contributed by atoms with E-state index in [4.69, 9.17) is 5.73 Å². The highest BCUT2D eigenvalue weighted by molar-refractivity contribution is 5.97. The number of aliphatic carboxylic acids is 1. The molecule has 1 amide bonds. The van der Waals surface area contributed by atoms with Gasteiger partial charge >= 0.3 is 5.97 Å². The van der Waals surface area contributed by atoms with E-state index in [1.165, 1.54) is 0 Å². The monoisotopic (exact) mass is 278 g/mol. The van der Waals surface area contributed by atoms with Crippen molar-refractivity contribution in [1.82, 2.24) is 5.32 Å². The summed E-state index contributed by atoms with van der Waals surface area (Å²) in [7, 11) is 0. The van der Waals surface area contributed by atoms with E-state index < -0.39 is 11.5 Å². The van der Waals surface area contributed by atoms with E-state index in [0.29, 0.717) is 24.9 Å². The molecule has 0 unspecified atom stereocenters. The first kappa shape index (κ1) is 16.2. The van der Waals surface area contributed by atoms with Crippen LogP contribution in [0.5, 0.6) is 0 Å². The van der Waals surface area contributed by atoms with Crippen LogP contribution in [0.25, 0.3) is 0 Å². The van der Waals surface area contributed by atoms with Crippen molar-refractivity contribution in [2.75, 3.05) is 6.54 Å². The van der Waals surface area contributed by atoms with Gasteiger partial charge in [-0.05, 0) is 43.5 Å². The zero-order valence-corrected chi connectivity index (χ0v) is 12.0. The molecule has 0 atom stereocenters. The standard InChI is InChI=1S/C15H22N2O3/c1-3-15(4-2,14(19)20)17-13(18)12-7-5-11(6-8-12)9-10-16/h5-8H,3-4,9-10,16H2,1-2H3,(H,17,18)(H,19,20). The predicted molar refractivity (Wildman–Crippen MR) is 77.6 cm³/mol. The fourth-order valence-corrected chi connectivity index (χ4v) is 2.06. The van der Waals surface area contributed by atoms with E-state index in [0.717, 1.165) is 12.0 Å². The number of hydrogen-bond donors (Lipinski definition) is 3. The summed E-state index contributed by atoms with van der Waals surface area (Å²) in [5.41, 5.74) is 5.78. The van der Waals surface area contributed by atoms with Crippen molar-refractivity contribution in [3.05, 3.63) is 35.4 Å². The molecule has 0 bridgehead atoms. The average molecular weight is 278 g/mol. The van der Waals surface area contributed by atoms with Crippen LogP contribution < -0.4 is 11.1 Å². The molecule has 1 aromatic rings. The van der Waals surface area contributed by atoms with E-state index >= 15 is 0 Å². The molecule has 20 heavy (non-hydrogen) atoms. The smallest absolute Gasteiger partial charge is 0.329 e. The summed E-state index contributed by atoms with van der Waals surface area (Å²) in [6, 6.07) is 7.06. The van der Waals surface area contributed by atoms with Crippen LogP contribution in [0.3, 0.4) is 0 Å². The zero-order chi connectivity index (χ0) is 15.2. The predicted octanol–water partition coefficient (Wildman–Crippen LogP) is 1.56. The second-order valence-corrected chi connectivity index (χ2v) is 4.78. The third-order valence-electron chi connectivity index (χ3n) is 3.62. The number of amides is 1. The van der Waals surface area contributed by atoms with Crippen LogP contribution in [0.4, 0.5) is 0 Å². The van der Waals surface area contributed by atoms with Gasteiger partial charge in [0.05, 0.1) is 0 Å². The number of nitrogens with one attached hydrogen (secondary N) is 1. The van der Waals surface area contributed by atoms with E-state index in [9.17, 15) is 14.7 Å². The second kappa shape index (κ2) is 7.05. The fourth-order valence-electron chi connectivity index (χ4n) is 2.06. The first-order valence-corrected chi connectivity index (χ1v) is 6.84. The third-order valence-corrected chi connectivity index (χ3v) is 3.62. The molecule has 4 N–H and O–H groups in total. The van der Waals surface area contributed by atoms with Crippen LogP contribution in [0.2, 0.25) is 0 Å². The lowest BCUT2D eigenvalue weighted by Crippen LogP contribution is -2.53. The molecule has 0 aromatic heterocycles. The van der Waals surface area contributed by atoms with Crippen molar-refractivity contribution < 1.29 is 14.7 Å². The molecular formula is C15H22N2O3. The SMILES string of the molecule is CCC(CC)(NC(=O)c1ccc(CCN)cc1)C(=O)O. The van der Waals surface area contributed by atoms with Crippen molar-refractivity contribution in [2.45, 2.75) is 38.6 Å². The molecule has 1 rings (SSSR count). The number of carbonyl (C=O) groups excluding carboxylic acids is 1. The molecule has 0 fully saturated rings. The Kier molecular flexibility index (Phi) is 5.70. The summed E-state index contributed by atoms with van der Waals surface area (Å²) >= 11 is 0. The molecule has 0 aliphatic heterocycles. The molecule has 5 heteroatoms. The van der Waals surface area contributed by atoms with E-state index in [1.807, 2.05) is 12.1 Å². The maximum absolute atomic E-state index is 12.2. The lowest BCUT2D eigenvalue weighted by molar-refractivity contribution is -0.144. The number of rotatable bonds is 7. The molecule has 0 aliphatic carbocycles. The number of hydrogen-bond acceptors (Lipinski definition) is 3. The number of nitrogens with two attached hydrogens (primary N) is 1. The minimum atomic E-state index is -1.20. The third kappa shape index (κ3) is 3.57. The first-order chi connectivity index (χ1) is 9.49. The van der Waals surface area contributed by atoms with Gasteiger partial charge in [-0.3, -0.25) is 4.79 Å². The van der Waals surface area contributed by atoms with Crippen LogP contribution in [0.15, 0.2) is 24.3 Å². The highest BCUT2D eigenvalue weighted by atomic mass is 16.4. The molecule has 110 valence electrons. The minimum absolute atomic E-state index is 0.343. The Bertz CT molecular complexity index is 465. The number of carboxylic acids is 1. The van der Waals surface area contributed by atoms with Gasteiger partial charge in [0.15, 0.2) is 0 Å². The van der Waals surface area contributed by atoms with Gasteiger partial charge in [0.2, 0.25) is 0 Å². The van der Waals surface area contributed by atoms with Gasteiger partial charge < -0.3 is 16.2 Å². The highest BCUT2D eigenvalue weighted by Crippen LogP contribution is 2.17.